The van der Waals surface area contributed by atoms with E-state index < -0.39 is 12.0 Å². The Morgan fingerprint density at radius 1 is 1.35 bits per heavy atom. The number of carbonyl (C=O) groups excluding carboxylic acids is 1. The average Bonchev–Trinajstić information content (AvgIpc) is 2.31. The highest BCUT2D eigenvalue weighted by Crippen LogP contribution is 2.22. The second-order valence-corrected chi connectivity index (χ2v) is 4.59. The summed E-state index contributed by atoms with van der Waals surface area (Å²) < 4.78 is 0. The first-order valence-corrected chi connectivity index (χ1v) is 6.36. The molecule has 0 aromatic carbocycles. The minimum absolute atomic E-state index is 0.255. The lowest BCUT2D eigenvalue weighted by Gasteiger charge is -2.34. The molecular weight excluding hydrogens is 220 g/mol. The molecule has 0 bridgehead atoms. The van der Waals surface area contributed by atoms with Crippen LogP contribution < -0.4 is 5.32 Å². The van der Waals surface area contributed by atoms with Gasteiger partial charge in [-0.2, -0.15) is 0 Å². The monoisotopic (exact) mass is 242 g/mol. The van der Waals surface area contributed by atoms with E-state index in [1.807, 2.05) is 6.92 Å². The van der Waals surface area contributed by atoms with Gasteiger partial charge in [0.15, 0.2) is 0 Å². The van der Waals surface area contributed by atoms with Gasteiger partial charge in [0, 0.05) is 12.6 Å². The van der Waals surface area contributed by atoms with Crippen LogP contribution in [0.4, 0.5) is 4.79 Å². The molecule has 1 rings (SSSR count). The number of urea groups is 1. The molecule has 5 nitrogen and oxygen atoms in total. The minimum Gasteiger partial charge on any atom is -0.480 e. The van der Waals surface area contributed by atoms with E-state index in [4.69, 9.17) is 5.11 Å². The summed E-state index contributed by atoms with van der Waals surface area (Å²) in [6.45, 7) is 4.04. The van der Waals surface area contributed by atoms with Gasteiger partial charge in [-0.05, 0) is 26.7 Å². The highest BCUT2D eigenvalue weighted by Gasteiger charge is 2.25. The second-order valence-electron chi connectivity index (χ2n) is 4.59. The second kappa shape index (κ2) is 6.47. The minimum atomic E-state index is -1.00. The number of carbonyl (C=O) groups is 2. The molecule has 2 amide bonds. The van der Waals surface area contributed by atoms with Gasteiger partial charge in [-0.3, -0.25) is 4.79 Å². The summed E-state index contributed by atoms with van der Waals surface area (Å²) in [5.41, 5.74) is 0. The Bertz CT molecular complexity index is 275. The molecule has 5 heteroatoms. The van der Waals surface area contributed by atoms with Gasteiger partial charge in [-0.25, -0.2) is 4.79 Å². The van der Waals surface area contributed by atoms with Gasteiger partial charge in [-0.15, -0.1) is 0 Å². The third-order valence-corrected chi connectivity index (χ3v) is 3.33. The Hall–Kier alpha value is -1.26. The number of carboxylic acid groups (broad SMARTS) is 1. The molecule has 0 heterocycles. The van der Waals surface area contributed by atoms with Gasteiger partial charge < -0.3 is 15.3 Å². The van der Waals surface area contributed by atoms with Crippen molar-refractivity contribution >= 4 is 12.0 Å². The standard InChI is InChI=1S/C12H22N2O3/c1-3-14(10-7-5-4-6-8-10)12(17)13-9(2)11(15)16/h9-10H,3-8H2,1-2H3,(H,13,17)(H,15,16)/t9-/m1/s1. The summed E-state index contributed by atoms with van der Waals surface area (Å²) in [6, 6.07) is -0.816. The number of carboxylic acids is 1. The molecule has 17 heavy (non-hydrogen) atoms. The molecule has 1 atom stereocenters. The Labute approximate surface area is 102 Å². The van der Waals surface area contributed by atoms with Crippen molar-refractivity contribution in [2.45, 2.75) is 58.0 Å². The first kappa shape index (κ1) is 13.8. The summed E-state index contributed by atoms with van der Waals surface area (Å²) in [7, 11) is 0. The topological polar surface area (TPSA) is 69.6 Å². The van der Waals surface area contributed by atoms with Gasteiger partial charge in [0.1, 0.15) is 6.04 Å². The maximum atomic E-state index is 11.9. The molecule has 0 saturated heterocycles. The highest BCUT2D eigenvalue weighted by molar-refractivity contribution is 5.82. The Kier molecular flexibility index (Phi) is 5.25. The largest absolute Gasteiger partial charge is 0.480 e. The van der Waals surface area contributed by atoms with Crippen LogP contribution in [0.1, 0.15) is 46.0 Å². The normalized spacial score (nSPS) is 18.5. The van der Waals surface area contributed by atoms with Crippen molar-refractivity contribution in [2.24, 2.45) is 0 Å². The summed E-state index contributed by atoms with van der Waals surface area (Å²) in [6.07, 6.45) is 5.61. The number of hydrogen-bond donors (Lipinski definition) is 2. The van der Waals surface area contributed by atoms with Crippen molar-refractivity contribution < 1.29 is 14.7 Å². The zero-order valence-corrected chi connectivity index (χ0v) is 10.6. The van der Waals surface area contributed by atoms with Crippen LogP contribution in [0.3, 0.4) is 0 Å². The van der Waals surface area contributed by atoms with E-state index in [0.29, 0.717) is 6.54 Å². The molecule has 0 aromatic rings. The molecule has 2 N–H and O–H groups in total. The molecule has 0 aliphatic heterocycles. The smallest absolute Gasteiger partial charge is 0.325 e. The fourth-order valence-electron chi connectivity index (χ4n) is 2.29. The molecule has 1 aliphatic carbocycles. The number of rotatable bonds is 4. The van der Waals surface area contributed by atoms with Gasteiger partial charge in [0.25, 0.3) is 0 Å². The number of aliphatic carboxylic acids is 1. The van der Waals surface area contributed by atoms with Gasteiger partial charge in [-0.1, -0.05) is 19.3 Å². The van der Waals surface area contributed by atoms with E-state index in [9.17, 15) is 9.59 Å². The number of hydrogen-bond acceptors (Lipinski definition) is 2. The third-order valence-electron chi connectivity index (χ3n) is 3.33. The van der Waals surface area contributed by atoms with Crippen molar-refractivity contribution in [1.82, 2.24) is 10.2 Å². The van der Waals surface area contributed by atoms with Crippen LogP contribution in [-0.4, -0.2) is 40.6 Å². The zero-order valence-electron chi connectivity index (χ0n) is 10.6. The van der Waals surface area contributed by atoms with Crippen LogP contribution in [0.2, 0.25) is 0 Å². The molecule has 1 aliphatic rings. The fourth-order valence-corrected chi connectivity index (χ4v) is 2.29. The van der Waals surface area contributed by atoms with Crippen LogP contribution >= 0.6 is 0 Å². The summed E-state index contributed by atoms with van der Waals surface area (Å²) in [5.74, 6) is -1.00. The van der Waals surface area contributed by atoms with Crippen molar-refractivity contribution in [1.29, 1.82) is 0 Å². The van der Waals surface area contributed by atoms with E-state index >= 15 is 0 Å². The quantitative estimate of drug-likeness (QED) is 0.790. The third kappa shape index (κ3) is 3.91. The van der Waals surface area contributed by atoms with Crippen LogP contribution in [0.25, 0.3) is 0 Å². The number of nitrogens with one attached hydrogen (secondary N) is 1. The first-order valence-electron chi connectivity index (χ1n) is 6.36. The Morgan fingerprint density at radius 3 is 2.41 bits per heavy atom. The fraction of sp³-hybridized carbons (Fsp3) is 0.833. The van der Waals surface area contributed by atoms with E-state index in [2.05, 4.69) is 5.32 Å². The predicted molar refractivity (Wildman–Crippen MR) is 64.9 cm³/mol. The van der Waals surface area contributed by atoms with Gasteiger partial charge >= 0.3 is 12.0 Å². The van der Waals surface area contributed by atoms with Crippen molar-refractivity contribution in [3.63, 3.8) is 0 Å². The van der Waals surface area contributed by atoms with Crippen LogP contribution in [0.5, 0.6) is 0 Å². The molecule has 1 saturated carbocycles. The zero-order chi connectivity index (χ0) is 12.8. The lowest BCUT2D eigenvalue weighted by Crippen LogP contribution is -2.50. The number of amides is 2. The molecule has 0 unspecified atom stereocenters. The van der Waals surface area contributed by atoms with Crippen molar-refractivity contribution in [3.8, 4) is 0 Å². The molecule has 1 fully saturated rings. The lowest BCUT2D eigenvalue weighted by molar-refractivity contribution is -0.138. The van der Waals surface area contributed by atoms with Crippen LogP contribution in [-0.2, 0) is 4.79 Å². The summed E-state index contributed by atoms with van der Waals surface area (Å²) >= 11 is 0. The highest BCUT2D eigenvalue weighted by atomic mass is 16.4. The van der Waals surface area contributed by atoms with E-state index in [0.717, 1.165) is 25.7 Å². The Morgan fingerprint density at radius 2 is 1.94 bits per heavy atom. The maximum Gasteiger partial charge on any atom is 0.325 e. The lowest BCUT2D eigenvalue weighted by atomic mass is 9.94. The van der Waals surface area contributed by atoms with E-state index in [-0.39, 0.29) is 12.1 Å². The average molecular weight is 242 g/mol. The van der Waals surface area contributed by atoms with Crippen LogP contribution in [0.15, 0.2) is 0 Å². The molecule has 98 valence electrons. The molecular formula is C12H22N2O3. The van der Waals surface area contributed by atoms with Gasteiger partial charge in [0.2, 0.25) is 0 Å². The Balaban J connectivity index is 2.53. The molecule has 0 spiro atoms. The maximum absolute atomic E-state index is 11.9. The number of nitrogens with zero attached hydrogens (tertiary/aromatic N) is 1. The summed E-state index contributed by atoms with van der Waals surface area (Å²) in [5, 5.41) is 11.3. The van der Waals surface area contributed by atoms with E-state index in [1.165, 1.54) is 13.3 Å². The van der Waals surface area contributed by atoms with Crippen molar-refractivity contribution in [3.05, 3.63) is 0 Å². The van der Waals surface area contributed by atoms with Crippen LogP contribution in [0, 0.1) is 0 Å². The van der Waals surface area contributed by atoms with Gasteiger partial charge in [0.05, 0.1) is 0 Å². The van der Waals surface area contributed by atoms with E-state index in [1.54, 1.807) is 4.90 Å². The first-order chi connectivity index (χ1) is 8.06. The molecule has 0 aromatic heterocycles. The molecule has 0 radical (unpaired) electrons. The SMILES string of the molecule is CCN(C(=O)N[C@H](C)C(=O)O)C1CCCCC1. The van der Waals surface area contributed by atoms with Crippen molar-refractivity contribution in [2.75, 3.05) is 6.54 Å². The predicted octanol–water partition coefficient (Wildman–Crippen LogP) is 1.82. The summed E-state index contributed by atoms with van der Waals surface area (Å²) in [4.78, 5) is 24.4.